The van der Waals surface area contributed by atoms with Crippen LogP contribution in [0.25, 0.3) is 0 Å². The molecule has 1 aromatic rings. The van der Waals surface area contributed by atoms with Crippen LogP contribution in [0.1, 0.15) is 25.5 Å². The Morgan fingerprint density at radius 1 is 1.33 bits per heavy atom. The first-order valence-corrected chi connectivity index (χ1v) is 7.92. The lowest BCUT2D eigenvalue weighted by molar-refractivity contribution is 0.340. The molecule has 1 heterocycles. The maximum atomic E-state index is 11.9. The van der Waals surface area contributed by atoms with Crippen molar-refractivity contribution in [2.45, 2.75) is 25.1 Å². The maximum absolute atomic E-state index is 11.9. The molecule has 4 nitrogen and oxygen atoms in total. The molecule has 18 heavy (non-hydrogen) atoms. The van der Waals surface area contributed by atoms with E-state index in [1.165, 1.54) is 0 Å². The zero-order valence-electron chi connectivity index (χ0n) is 10.7. The van der Waals surface area contributed by atoms with Crippen LogP contribution in [0.15, 0.2) is 24.3 Å². The Labute approximate surface area is 108 Å². The molecule has 0 aliphatic carbocycles. The molecule has 1 fully saturated rings. The van der Waals surface area contributed by atoms with Gasteiger partial charge in [-0.05, 0) is 31.5 Å². The largest absolute Gasteiger partial charge is 0.494 e. The first kappa shape index (κ1) is 13.4. The molecule has 100 valence electrons. The van der Waals surface area contributed by atoms with Gasteiger partial charge in [0.15, 0.2) is 9.84 Å². The fraction of sp³-hybridized carbons (Fsp3) is 0.538. The van der Waals surface area contributed by atoms with Gasteiger partial charge in [0.05, 0.1) is 17.6 Å². The van der Waals surface area contributed by atoms with E-state index in [4.69, 9.17) is 4.74 Å². The second kappa shape index (κ2) is 5.28. The van der Waals surface area contributed by atoms with Crippen LogP contribution in [0.2, 0.25) is 0 Å². The molecule has 1 aliphatic heterocycles. The SMILES string of the molecule is CCOc1ccc(C2CS(=O)(=O)C(C)CN2)cc1. The topological polar surface area (TPSA) is 55.4 Å². The number of rotatable bonds is 3. The van der Waals surface area contributed by atoms with Crippen molar-refractivity contribution in [2.75, 3.05) is 18.9 Å². The normalized spacial score (nSPS) is 26.8. The molecule has 1 aromatic carbocycles. The van der Waals surface area contributed by atoms with E-state index >= 15 is 0 Å². The summed E-state index contributed by atoms with van der Waals surface area (Å²) in [5.74, 6) is 0.982. The molecule has 1 N–H and O–H groups in total. The van der Waals surface area contributed by atoms with Crippen molar-refractivity contribution >= 4 is 9.84 Å². The smallest absolute Gasteiger partial charge is 0.156 e. The predicted molar refractivity (Wildman–Crippen MR) is 71.6 cm³/mol. The van der Waals surface area contributed by atoms with Crippen LogP contribution in [-0.2, 0) is 9.84 Å². The summed E-state index contributed by atoms with van der Waals surface area (Å²) in [7, 11) is -2.97. The van der Waals surface area contributed by atoms with Crippen LogP contribution in [0.5, 0.6) is 5.75 Å². The standard InChI is InChI=1S/C13H19NO3S/c1-3-17-12-6-4-11(5-7-12)13-9-18(15,16)10(2)8-14-13/h4-7,10,13-14H,3,8-9H2,1-2H3. The Bertz CT molecular complexity index is 495. The van der Waals surface area contributed by atoms with Gasteiger partial charge in [-0.3, -0.25) is 0 Å². The van der Waals surface area contributed by atoms with Gasteiger partial charge in [-0.25, -0.2) is 8.42 Å². The summed E-state index contributed by atoms with van der Waals surface area (Å²) in [6.45, 7) is 4.83. The Balaban J connectivity index is 2.12. The average molecular weight is 269 g/mol. The van der Waals surface area contributed by atoms with Gasteiger partial charge in [0.2, 0.25) is 0 Å². The van der Waals surface area contributed by atoms with Crippen molar-refractivity contribution < 1.29 is 13.2 Å². The zero-order valence-corrected chi connectivity index (χ0v) is 11.5. The highest BCUT2D eigenvalue weighted by Crippen LogP contribution is 2.23. The lowest BCUT2D eigenvalue weighted by atomic mass is 10.1. The third-order valence-electron chi connectivity index (χ3n) is 3.26. The second-order valence-corrected chi connectivity index (χ2v) is 7.07. The monoisotopic (exact) mass is 269 g/mol. The Morgan fingerprint density at radius 2 is 2.00 bits per heavy atom. The van der Waals surface area contributed by atoms with Gasteiger partial charge >= 0.3 is 0 Å². The third-order valence-corrected chi connectivity index (χ3v) is 5.45. The molecule has 2 unspecified atom stereocenters. The van der Waals surface area contributed by atoms with Crippen LogP contribution in [0.4, 0.5) is 0 Å². The van der Waals surface area contributed by atoms with Gasteiger partial charge < -0.3 is 10.1 Å². The van der Waals surface area contributed by atoms with E-state index in [0.29, 0.717) is 13.2 Å². The summed E-state index contributed by atoms with van der Waals surface area (Å²) in [5.41, 5.74) is 0.994. The summed E-state index contributed by atoms with van der Waals surface area (Å²) < 4.78 is 29.1. The van der Waals surface area contributed by atoms with Gasteiger partial charge in [0, 0.05) is 12.6 Å². The summed E-state index contributed by atoms with van der Waals surface area (Å²) in [6.07, 6.45) is 0. The second-order valence-electron chi connectivity index (χ2n) is 4.60. The average Bonchev–Trinajstić information content (AvgIpc) is 2.34. The number of hydrogen-bond donors (Lipinski definition) is 1. The Hall–Kier alpha value is -1.07. The van der Waals surface area contributed by atoms with Gasteiger partial charge in [-0.1, -0.05) is 12.1 Å². The van der Waals surface area contributed by atoms with Crippen LogP contribution < -0.4 is 10.1 Å². The van der Waals surface area contributed by atoms with Crippen molar-refractivity contribution in [3.8, 4) is 5.75 Å². The molecular weight excluding hydrogens is 250 g/mol. The summed E-state index contributed by atoms with van der Waals surface area (Å²) in [6, 6.07) is 7.50. The van der Waals surface area contributed by atoms with Crippen molar-refractivity contribution in [1.82, 2.24) is 5.32 Å². The Morgan fingerprint density at radius 3 is 2.56 bits per heavy atom. The maximum Gasteiger partial charge on any atom is 0.156 e. The molecule has 0 aromatic heterocycles. The molecule has 0 spiro atoms. The van der Waals surface area contributed by atoms with E-state index in [9.17, 15) is 8.42 Å². The summed E-state index contributed by atoms with van der Waals surface area (Å²) in [4.78, 5) is 0. The number of sulfone groups is 1. The molecule has 1 aliphatic rings. The molecule has 1 saturated heterocycles. The first-order chi connectivity index (χ1) is 8.53. The molecule has 2 rings (SSSR count). The molecule has 2 atom stereocenters. The van der Waals surface area contributed by atoms with E-state index < -0.39 is 9.84 Å². The third kappa shape index (κ3) is 2.84. The quantitative estimate of drug-likeness (QED) is 0.904. The van der Waals surface area contributed by atoms with E-state index in [1.54, 1.807) is 6.92 Å². The highest BCUT2D eigenvalue weighted by molar-refractivity contribution is 7.92. The molecule has 0 radical (unpaired) electrons. The zero-order chi connectivity index (χ0) is 13.2. The fourth-order valence-corrected chi connectivity index (χ4v) is 3.52. The number of hydrogen-bond acceptors (Lipinski definition) is 4. The minimum atomic E-state index is -2.97. The minimum Gasteiger partial charge on any atom is -0.494 e. The van der Waals surface area contributed by atoms with E-state index in [-0.39, 0.29) is 17.0 Å². The van der Waals surface area contributed by atoms with Crippen LogP contribution in [-0.4, -0.2) is 32.6 Å². The van der Waals surface area contributed by atoms with Crippen LogP contribution >= 0.6 is 0 Å². The highest BCUT2D eigenvalue weighted by atomic mass is 32.2. The predicted octanol–water partition coefficient (Wildman–Crippen LogP) is 1.53. The van der Waals surface area contributed by atoms with Crippen LogP contribution in [0.3, 0.4) is 0 Å². The van der Waals surface area contributed by atoms with E-state index in [2.05, 4.69) is 5.32 Å². The molecule has 5 heteroatoms. The van der Waals surface area contributed by atoms with E-state index in [0.717, 1.165) is 11.3 Å². The molecule has 0 saturated carbocycles. The van der Waals surface area contributed by atoms with Crippen molar-refractivity contribution in [2.24, 2.45) is 0 Å². The molecule has 0 bridgehead atoms. The van der Waals surface area contributed by atoms with Gasteiger partial charge in [-0.15, -0.1) is 0 Å². The van der Waals surface area contributed by atoms with E-state index in [1.807, 2.05) is 31.2 Å². The first-order valence-electron chi connectivity index (χ1n) is 6.20. The minimum absolute atomic E-state index is 0.109. The Kier molecular flexibility index (Phi) is 3.92. The van der Waals surface area contributed by atoms with Gasteiger partial charge in [0.25, 0.3) is 0 Å². The van der Waals surface area contributed by atoms with Crippen molar-refractivity contribution in [3.63, 3.8) is 0 Å². The van der Waals surface area contributed by atoms with Gasteiger partial charge in [0.1, 0.15) is 5.75 Å². The molecule has 0 amide bonds. The fourth-order valence-electron chi connectivity index (χ4n) is 2.07. The lowest BCUT2D eigenvalue weighted by Crippen LogP contribution is -2.44. The summed E-state index contributed by atoms with van der Waals surface area (Å²) in [5, 5.41) is 2.98. The van der Waals surface area contributed by atoms with Crippen molar-refractivity contribution in [3.05, 3.63) is 29.8 Å². The number of benzene rings is 1. The number of ether oxygens (including phenoxy) is 1. The number of nitrogens with one attached hydrogen (secondary N) is 1. The highest BCUT2D eigenvalue weighted by Gasteiger charge is 2.31. The lowest BCUT2D eigenvalue weighted by Gasteiger charge is -2.28. The summed E-state index contributed by atoms with van der Waals surface area (Å²) >= 11 is 0. The van der Waals surface area contributed by atoms with Crippen LogP contribution in [0, 0.1) is 0 Å². The van der Waals surface area contributed by atoms with Gasteiger partial charge in [-0.2, -0.15) is 0 Å². The van der Waals surface area contributed by atoms with Crippen molar-refractivity contribution in [1.29, 1.82) is 0 Å². The molecular formula is C13H19NO3S.